The average Bonchev–Trinajstić information content (AvgIpc) is 3.55. The van der Waals surface area contributed by atoms with E-state index in [1.54, 1.807) is 12.3 Å². The molecule has 0 aliphatic rings. The van der Waals surface area contributed by atoms with E-state index in [1.807, 2.05) is 30.5 Å². The summed E-state index contributed by atoms with van der Waals surface area (Å²) in [4.78, 5) is 13.3. The summed E-state index contributed by atoms with van der Waals surface area (Å²) in [7, 11) is 0. The van der Waals surface area contributed by atoms with Gasteiger partial charge in [0.25, 0.3) is 0 Å². The maximum atomic E-state index is 13.6. The van der Waals surface area contributed by atoms with Crippen LogP contribution in [0.5, 0.6) is 0 Å². The fraction of sp³-hybridized carbons (Fsp3) is 0.115. The molecule has 3 N–H and O–H groups in total. The number of H-pyrrole nitrogens is 2. The van der Waals surface area contributed by atoms with Gasteiger partial charge in [-0.3, -0.25) is 10.1 Å². The van der Waals surface area contributed by atoms with E-state index >= 15 is 0 Å². The third-order valence-corrected chi connectivity index (χ3v) is 6.42. The van der Waals surface area contributed by atoms with Crippen LogP contribution in [0.25, 0.3) is 55.0 Å². The summed E-state index contributed by atoms with van der Waals surface area (Å²) in [6.07, 6.45) is 3.55. The maximum Gasteiger partial charge on any atom is 0.177 e. The standard InChI is InChI=1S/C26H19FN6S/c1-14(2)30-17-5-3-4-15(10-17)16-11-19-24(32-33-26(19)29-13-16)21-12-18-20(31-21)8-9-28-25(18)22-6-7-23(27)34-22/h4,6-14,30-31H,1-2H3,(H,29,32,33). The van der Waals surface area contributed by atoms with Crippen LogP contribution in [0.3, 0.4) is 0 Å². The van der Waals surface area contributed by atoms with Gasteiger partial charge in [0.1, 0.15) is 5.69 Å². The van der Waals surface area contributed by atoms with Crippen LogP contribution in [-0.4, -0.2) is 31.2 Å². The number of hydrogen-bond acceptors (Lipinski definition) is 5. The van der Waals surface area contributed by atoms with Crippen molar-refractivity contribution < 1.29 is 4.39 Å². The minimum absolute atomic E-state index is 0.232. The van der Waals surface area contributed by atoms with Gasteiger partial charge in [-0.1, -0.05) is 6.07 Å². The number of pyridine rings is 2. The summed E-state index contributed by atoms with van der Waals surface area (Å²) >= 11 is 1.08. The van der Waals surface area contributed by atoms with Gasteiger partial charge in [-0.25, -0.2) is 4.98 Å². The van der Waals surface area contributed by atoms with E-state index in [1.165, 1.54) is 6.07 Å². The van der Waals surface area contributed by atoms with E-state index in [0.29, 0.717) is 11.7 Å². The van der Waals surface area contributed by atoms with Crippen molar-refractivity contribution in [2.75, 3.05) is 5.32 Å². The van der Waals surface area contributed by atoms with Crippen molar-refractivity contribution in [2.45, 2.75) is 19.9 Å². The number of aromatic amines is 2. The number of rotatable bonds is 5. The molecular formula is C26H19FN6S. The molecule has 0 atom stereocenters. The van der Waals surface area contributed by atoms with Crippen molar-refractivity contribution in [3.8, 4) is 33.1 Å². The van der Waals surface area contributed by atoms with Gasteiger partial charge in [-0.05, 0) is 67.9 Å². The molecule has 34 heavy (non-hydrogen) atoms. The molecule has 0 fully saturated rings. The number of aromatic nitrogens is 5. The van der Waals surface area contributed by atoms with Crippen molar-refractivity contribution in [1.29, 1.82) is 0 Å². The van der Waals surface area contributed by atoms with E-state index in [4.69, 9.17) is 0 Å². The minimum atomic E-state index is -0.232. The smallest absolute Gasteiger partial charge is 0.177 e. The lowest BCUT2D eigenvalue weighted by Crippen LogP contribution is -2.09. The van der Waals surface area contributed by atoms with Crippen LogP contribution in [0.1, 0.15) is 13.8 Å². The van der Waals surface area contributed by atoms with Gasteiger partial charge < -0.3 is 10.3 Å². The van der Waals surface area contributed by atoms with Crippen molar-refractivity contribution in [3.05, 3.63) is 72.1 Å². The van der Waals surface area contributed by atoms with E-state index in [2.05, 4.69) is 62.5 Å². The quantitative estimate of drug-likeness (QED) is 0.272. The lowest BCUT2D eigenvalue weighted by molar-refractivity contribution is 0.657. The van der Waals surface area contributed by atoms with Crippen molar-refractivity contribution in [1.82, 2.24) is 25.1 Å². The molecule has 0 saturated heterocycles. The van der Waals surface area contributed by atoms with Crippen LogP contribution < -0.4 is 5.32 Å². The molecule has 0 saturated carbocycles. The third-order valence-electron chi connectivity index (χ3n) is 5.54. The van der Waals surface area contributed by atoms with E-state index in [9.17, 15) is 4.39 Å². The summed E-state index contributed by atoms with van der Waals surface area (Å²) in [6.45, 7) is 4.17. The topological polar surface area (TPSA) is 82.3 Å². The number of hydrogen-bond donors (Lipinski definition) is 3. The van der Waals surface area contributed by atoms with E-state index < -0.39 is 0 Å². The Bertz CT molecular complexity index is 1640. The zero-order valence-corrected chi connectivity index (χ0v) is 19.2. The zero-order chi connectivity index (χ0) is 23.2. The molecule has 0 unspecified atom stereocenters. The van der Waals surface area contributed by atoms with Crippen LogP contribution in [0.4, 0.5) is 10.1 Å². The molecule has 166 valence electrons. The fourth-order valence-corrected chi connectivity index (χ4v) is 4.81. The summed E-state index contributed by atoms with van der Waals surface area (Å²) in [5.74, 6) is 0. The molecule has 0 spiro atoms. The number of nitrogens with one attached hydrogen (secondary N) is 3. The molecule has 0 amide bonds. The molecule has 0 bridgehead atoms. The summed E-state index contributed by atoms with van der Waals surface area (Å²) < 4.78 is 13.6. The highest BCUT2D eigenvalue weighted by atomic mass is 32.1. The molecule has 5 heterocycles. The number of fused-ring (bicyclic) bond motifs is 2. The number of anilines is 1. The summed E-state index contributed by atoms with van der Waals surface area (Å²) in [5.41, 5.74) is 6.78. The van der Waals surface area contributed by atoms with Crippen LogP contribution in [0.2, 0.25) is 0 Å². The molecule has 6 rings (SSSR count). The Morgan fingerprint density at radius 1 is 1.03 bits per heavy atom. The summed E-state index contributed by atoms with van der Waals surface area (Å²) in [5, 5.41) is 12.5. The molecular weight excluding hydrogens is 447 g/mol. The second-order valence-electron chi connectivity index (χ2n) is 8.33. The normalized spacial score (nSPS) is 11.4. The van der Waals surface area contributed by atoms with Crippen LogP contribution in [0, 0.1) is 17.3 Å². The first-order valence-electron chi connectivity index (χ1n) is 10.8. The SMILES string of the molecule is CC(C)Nc1c#ccc(-c2cnc3[nH]nc(-c4cc5c(-c6ccc(F)s6)nccc5[nH]4)c3c2)c1. The van der Waals surface area contributed by atoms with E-state index in [0.717, 1.165) is 66.4 Å². The predicted molar refractivity (Wildman–Crippen MR) is 134 cm³/mol. The average molecular weight is 467 g/mol. The highest BCUT2D eigenvalue weighted by Crippen LogP contribution is 2.35. The number of thiophene rings is 1. The highest BCUT2D eigenvalue weighted by molar-refractivity contribution is 7.13. The van der Waals surface area contributed by atoms with Crippen LogP contribution >= 0.6 is 11.3 Å². The number of nitrogens with zero attached hydrogens (tertiary/aromatic N) is 3. The lowest BCUT2D eigenvalue weighted by Gasteiger charge is -2.08. The number of halogens is 1. The van der Waals surface area contributed by atoms with Gasteiger partial charge in [0, 0.05) is 40.3 Å². The molecule has 6 aromatic rings. The Morgan fingerprint density at radius 2 is 1.94 bits per heavy atom. The lowest BCUT2D eigenvalue weighted by atomic mass is 10.1. The Morgan fingerprint density at radius 3 is 2.76 bits per heavy atom. The maximum absolute atomic E-state index is 13.6. The van der Waals surface area contributed by atoms with Gasteiger partial charge in [-0.15, -0.1) is 11.3 Å². The highest BCUT2D eigenvalue weighted by Gasteiger charge is 2.16. The molecule has 0 radical (unpaired) electrons. The largest absolute Gasteiger partial charge is 0.376 e. The Labute approximate surface area is 198 Å². The monoisotopic (exact) mass is 466 g/mol. The van der Waals surface area contributed by atoms with Gasteiger partial charge in [0.15, 0.2) is 10.8 Å². The molecule has 0 aliphatic carbocycles. The van der Waals surface area contributed by atoms with E-state index in [-0.39, 0.29) is 5.13 Å². The molecule has 0 aliphatic heterocycles. The Balaban J connectivity index is 1.45. The molecule has 1 aromatic carbocycles. The Hall–Kier alpha value is -4.22. The Kier molecular flexibility index (Phi) is 4.78. The second kappa shape index (κ2) is 7.97. The predicted octanol–water partition coefficient (Wildman–Crippen LogP) is 6.46. The summed E-state index contributed by atoms with van der Waals surface area (Å²) in [6, 6.07) is 19.6. The first-order valence-corrected chi connectivity index (χ1v) is 11.6. The van der Waals surface area contributed by atoms with Gasteiger partial charge in [-0.2, -0.15) is 9.49 Å². The van der Waals surface area contributed by atoms with Gasteiger partial charge in [0.05, 0.1) is 22.0 Å². The van der Waals surface area contributed by atoms with Crippen LogP contribution in [-0.2, 0) is 0 Å². The second-order valence-corrected chi connectivity index (χ2v) is 9.36. The molecule has 5 aromatic heterocycles. The van der Waals surface area contributed by atoms with Crippen molar-refractivity contribution in [3.63, 3.8) is 0 Å². The fourth-order valence-electron chi connectivity index (χ4n) is 4.07. The first kappa shape index (κ1) is 20.4. The van der Waals surface area contributed by atoms with Crippen LogP contribution in [0.15, 0.2) is 54.9 Å². The van der Waals surface area contributed by atoms with Crippen molar-refractivity contribution in [2.24, 2.45) is 0 Å². The minimum Gasteiger partial charge on any atom is -0.376 e. The molecule has 8 heteroatoms. The molecule has 6 nitrogen and oxygen atoms in total. The zero-order valence-electron chi connectivity index (χ0n) is 18.4. The first-order chi connectivity index (χ1) is 16.5. The van der Waals surface area contributed by atoms with Crippen molar-refractivity contribution >= 4 is 39.0 Å². The van der Waals surface area contributed by atoms with Gasteiger partial charge in [0.2, 0.25) is 0 Å². The third kappa shape index (κ3) is 3.56. The van der Waals surface area contributed by atoms with Gasteiger partial charge >= 0.3 is 0 Å².